The molecule has 8 heteroatoms. The van der Waals surface area contributed by atoms with Gasteiger partial charge in [-0.05, 0) is 54.8 Å². The molecule has 0 bridgehead atoms. The van der Waals surface area contributed by atoms with Gasteiger partial charge in [-0.25, -0.2) is 9.38 Å². The van der Waals surface area contributed by atoms with Crippen molar-refractivity contribution in [1.29, 1.82) is 0 Å². The van der Waals surface area contributed by atoms with Crippen LogP contribution in [0.5, 0.6) is 0 Å². The number of anilines is 1. The van der Waals surface area contributed by atoms with Gasteiger partial charge in [0, 0.05) is 43.7 Å². The van der Waals surface area contributed by atoms with Crippen LogP contribution in [0.1, 0.15) is 26.2 Å². The molecule has 4 rings (SSSR count). The van der Waals surface area contributed by atoms with E-state index in [-0.39, 0.29) is 11.7 Å². The van der Waals surface area contributed by atoms with E-state index in [2.05, 4.69) is 44.4 Å². The number of aromatic nitrogens is 1. The molecule has 0 unspecified atom stereocenters. The Hall–Kier alpha value is -2.97. The third-order valence-electron chi connectivity index (χ3n) is 5.75. The summed E-state index contributed by atoms with van der Waals surface area (Å²) in [6.45, 7) is 6.67. The normalized spacial score (nSPS) is 14.4. The largest absolute Gasteiger partial charge is 0.378 e. The second-order valence-corrected chi connectivity index (χ2v) is 9.08. The maximum absolute atomic E-state index is 13.3. The molecule has 3 aromatic rings. The molecular weight excluding hydrogens is 451 g/mol. The zero-order valence-corrected chi connectivity index (χ0v) is 20.3. The fraction of sp³-hybridized carbons (Fsp3) is 0.385. The summed E-state index contributed by atoms with van der Waals surface area (Å²) >= 11 is 1.56. The number of halogens is 1. The Kier molecular flexibility index (Phi) is 8.49. The highest BCUT2D eigenvalue weighted by Crippen LogP contribution is 2.25. The number of rotatable bonds is 9. The maximum Gasteiger partial charge on any atom is 0.219 e. The molecule has 1 aliphatic rings. The third kappa shape index (κ3) is 6.33. The van der Waals surface area contributed by atoms with Crippen molar-refractivity contribution >= 4 is 28.6 Å². The highest BCUT2D eigenvalue weighted by atomic mass is 32.1. The van der Waals surface area contributed by atoms with Crippen molar-refractivity contribution in [3.63, 3.8) is 0 Å². The van der Waals surface area contributed by atoms with Crippen molar-refractivity contribution in [2.75, 3.05) is 37.7 Å². The second kappa shape index (κ2) is 11.9. The van der Waals surface area contributed by atoms with Crippen molar-refractivity contribution < 1.29 is 13.9 Å². The van der Waals surface area contributed by atoms with Gasteiger partial charge in [0.25, 0.3) is 0 Å². The average Bonchev–Trinajstić information content (AvgIpc) is 3.26. The molecule has 6 nitrogen and oxygen atoms in total. The summed E-state index contributed by atoms with van der Waals surface area (Å²) in [4.78, 5) is 19.8. The number of amides is 1. The molecule has 1 aliphatic heterocycles. The molecule has 1 N–H and O–H groups in total. The Labute approximate surface area is 203 Å². The molecule has 2 aromatic carbocycles. The highest BCUT2D eigenvalue weighted by molar-refractivity contribution is 7.07. The number of hydrogen-bond acceptors (Lipinski definition) is 5. The van der Waals surface area contributed by atoms with Gasteiger partial charge in [-0.2, -0.15) is 0 Å². The van der Waals surface area contributed by atoms with Gasteiger partial charge in [0.2, 0.25) is 5.91 Å². The molecule has 0 spiro atoms. The van der Waals surface area contributed by atoms with Crippen LogP contribution in [0.4, 0.5) is 15.8 Å². The first-order chi connectivity index (χ1) is 16.6. The Bertz CT molecular complexity index is 1130. The Morgan fingerprint density at radius 2 is 1.85 bits per heavy atom. The number of hydrogen-bond donors (Lipinski definition) is 1. The summed E-state index contributed by atoms with van der Waals surface area (Å²) < 4.78 is 21.0. The van der Waals surface area contributed by atoms with E-state index in [1.807, 2.05) is 6.92 Å². The minimum atomic E-state index is -0.276. The SMILES string of the molecule is CCCC(=O)NCCCn1c(-c2ccc(N3CCOCC3)cc2)cs/c1=N\c1ccc(F)cc1. The van der Waals surface area contributed by atoms with Gasteiger partial charge in [0.05, 0.1) is 24.6 Å². The third-order valence-corrected chi connectivity index (χ3v) is 6.61. The van der Waals surface area contributed by atoms with Crippen LogP contribution in [-0.2, 0) is 16.1 Å². The molecule has 0 aliphatic carbocycles. The van der Waals surface area contributed by atoms with Gasteiger partial charge in [-0.15, -0.1) is 11.3 Å². The van der Waals surface area contributed by atoms with Gasteiger partial charge in [0.1, 0.15) is 5.82 Å². The lowest BCUT2D eigenvalue weighted by Gasteiger charge is -2.28. The number of nitrogens with one attached hydrogen (secondary N) is 1. The van der Waals surface area contributed by atoms with E-state index in [1.165, 1.54) is 17.8 Å². The molecule has 1 aromatic heterocycles. The number of morpholine rings is 1. The van der Waals surface area contributed by atoms with Gasteiger partial charge in [0.15, 0.2) is 4.80 Å². The maximum atomic E-state index is 13.3. The molecule has 0 atom stereocenters. The van der Waals surface area contributed by atoms with Gasteiger partial charge in [-0.3, -0.25) is 4.79 Å². The zero-order valence-electron chi connectivity index (χ0n) is 19.5. The summed E-state index contributed by atoms with van der Waals surface area (Å²) in [6.07, 6.45) is 2.19. The number of ether oxygens (including phenoxy) is 1. The monoisotopic (exact) mass is 482 g/mol. The first kappa shape index (κ1) is 24.2. The van der Waals surface area contributed by atoms with Crippen molar-refractivity contribution in [3.8, 4) is 11.3 Å². The van der Waals surface area contributed by atoms with E-state index in [1.54, 1.807) is 23.5 Å². The highest BCUT2D eigenvalue weighted by Gasteiger charge is 2.13. The first-order valence-corrected chi connectivity index (χ1v) is 12.7. The van der Waals surface area contributed by atoms with Gasteiger partial charge >= 0.3 is 0 Å². The Morgan fingerprint density at radius 1 is 1.12 bits per heavy atom. The Balaban J connectivity index is 1.57. The Morgan fingerprint density at radius 3 is 2.56 bits per heavy atom. The zero-order chi connectivity index (χ0) is 23.8. The molecule has 0 saturated carbocycles. The van der Waals surface area contributed by atoms with Crippen LogP contribution in [0.15, 0.2) is 58.9 Å². The number of thiazole rings is 1. The van der Waals surface area contributed by atoms with E-state index in [9.17, 15) is 9.18 Å². The molecule has 180 valence electrons. The van der Waals surface area contributed by atoms with E-state index < -0.39 is 0 Å². The number of carbonyl (C=O) groups excluding carboxylic acids is 1. The van der Waals surface area contributed by atoms with Gasteiger partial charge in [-0.1, -0.05) is 19.1 Å². The lowest BCUT2D eigenvalue weighted by Crippen LogP contribution is -2.36. The summed E-state index contributed by atoms with van der Waals surface area (Å²) in [5.41, 5.74) is 4.11. The molecule has 1 amide bonds. The van der Waals surface area contributed by atoms with Crippen LogP contribution < -0.4 is 15.0 Å². The van der Waals surface area contributed by atoms with Crippen molar-refractivity contribution in [2.24, 2.45) is 4.99 Å². The van der Waals surface area contributed by atoms with Crippen molar-refractivity contribution in [3.05, 3.63) is 64.5 Å². The van der Waals surface area contributed by atoms with Crippen LogP contribution in [0.25, 0.3) is 11.3 Å². The number of nitrogens with zero attached hydrogens (tertiary/aromatic N) is 3. The molecule has 2 heterocycles. The lowest BCUT2D eigenvalue weighted by molar-refractivity contribution is -0.121. The van der Waals surface area contributed by atoms with E-state index in [0.717, 1.165) is 61.7 Å². The number of benzene rings is 2. The topological polar surface area (TPSA) is 58.9 Å². The van der Waals surface area contributed by atoms with E-state index >= 15 is 0 Å². The lowest BCUT2D eigenvalue weighted by atomic mass is 10.1. The van der Waals surface area contributed by atoms with E-state index in [4.69, 9.17) is 9.73 Å². The minimum Gasteiger partial charge on any atom is -0.378 e. The molecule has 1 saturated heterocycles. The van der Waals surface area contributed by atoms with Crippen LogP contribution in [0, 0.1) is 5.82 Å². The van der Waals surface area contributed by atoms with Crippen LogP contribution in [0.2, 0.25) is 0 Å². The van der Waals surface area contributed by atoms with Crippen LogP contribution in [-0.4, -0.2) is 43.3 Å². The smallest absolute Gasteiger partial charge is 0.219 e. The fourth-order valence-electron chi connectivity index (χ4n) is 3.94. The standard InChI is InChI=1S/C26H31FN4O2S/c1-2-4-25(32)28-13-3-14-31-24(19-34-26(31)29-22-9-7-21(27)8-10-22)20-5-11-23(12-6-20)30-15-17-33-18-16-30/h5-12,19H,2-4,13-18H2,1H3,(H,28,32)/b29-26-. The predicted octanol–water partition coefficient (Wildman–Crippen LogP) is 4.73. The molecule has 34 heavy (non-hydrogen) atoms. The number of carbonyl (C=O) groups is 1. The van der Waals surface area contributed by atoms with Crippen molar-refractivity contribution in [1.82, 2.24) is 9.88 Å². The van der Waals surface area contributed by atoms with Gasteiger partial charge < -0.3 is 19.5 Å². The summed E-state index contributed by atoms with van der Waals surface area (Å²) in [5.74, 6) is -0.185. The molecule has 0 radical (unpaired) electrons. The van der Waals surface area contributed by atoms with Crippen LogP contribution >= 0.6 is 11.3 Å². The molecular formula is C26H31FN4O2S. The second-order valence-electron chi connectivity index (χ2n) is 8.24. The van der Waals surface area contributed by atoms with E-state index in [0.29, 0.717) is 18.7 Å². The first-order valence-electron chi connectivity index (χ1n) is 11.8. The summed E-state index contributed by atoms with van der Waals surface area (Å²) in [6, 6.07) is 14.8. The predicted molar refractivity (Wildman–Crippen MR) is 135 cm³/mol. The minimum absolute atomic E-state index is 0.0907. The van der Waals surface area contributed by atoms with Crippen molar-refractivity contribution in [2.45, 2.75) is 32.7 Å². The quantitative estimate of drug-likeness (QED) is 0.449. The molecule has 1 fully saturated rings. The average molecular weight is 483 g/mol. The summed E-state index contributed by atoms with van der Waals surface area (Å²) in [7, 11) is 0. The van der Waals surface area contributed by atoms with Crippen LogP contribution in [0.3, 0.4) is 0 Å². The summed E-state index contributed by atoms with van der Waals surface area (Å²) in [5, 5.41) is 5.10. The fourth-order valence-corrected chi connectivity index (χ4v) is 4.89.